The zero-order valence-corrected chi connectivity index (χ0v) is 28.4. The summed E-state index contributed by atoms with van der Waals surface area (Å²) >= 11 is 0. The van der Waals surface area contributed by atoms with E-state index in [1.807, 2.05) is 19.9 Å². The lowest BCUT2D eigenvalue weighted by Gasteiger charge is -2.30. The summed E-state index contributed by atoms with van der Waals surface area (Å²) in [7, 11) is 0. The molecule has 0 atom stereocenters. The summed E-state index contributed by atoms with van der Waals surface area (Å²) in [5.41, 5.74) is 4.83. The molecule has 0 spiro atoms. The maximum Gasteiger partial charge on any atom is 0.319 e. The maximum absolute atomic E-state index is 12.7. The Bertz CT molecular complexity index is 1470. The molecule has 2 aliphatic heterocycles. The third-order valence-electron chi connectivity index (χ3n) is 8.84. The van der Waals surface area contributed by atoms with Gasteiger partial charge in [-0.25, -0.2) is 0 Å². The van der Waals surface area contributed by atoms with Gasteiger partial charge < -0.3 is 14.2 Å². The first-order valence-corrected chi connectivity index (χ1v) is 15.9. The second-order valence-electron chi connectivity index (χ2n) is 13.0. The van der Waals surface area contributed by atoms with Crippen LogP contribution in [0.15, 0.2) is 47.7 Å². The van der Waals surface area contributed by atoms with Crippen LogP contribution in [0, 0.1) is 6.92 Å². The van der Waals surface area contributed by atoms with Gasteiger partial charge in [0.25, 0.3) is 5.91 Å². The number of ketones is 1. The van der Waals surface area contributed by atoms with E-state index in [1.165, 1.54) is 16.0 Å². The number of carbonyl (C=O) groups is 4. The summed E-state index contributed by atoms with van der Waals surface area (Å²) in [6.07, 6.45) is 2.73. The lowest BCUT2D eigenvalue weighted by Crippen LogP contribution is -2.43. The van der Waals surface area contributed by atoms with E-state index in [0.29, 0.717) is 48.8 Å². The van der Waals surface area contributed by atoms with Crippen LogP contribution in [-0.2, 0) is 30.0 Å². The van der Waals surface area contributed by atoms with E-state index in [9.17, 15) is 19.2 Å². The van der Waals surface area contributed by atoms with E-state index in [0.717, 1.165) is 24.2 Å². The molecule has 8 nitrogen and oxygen atoms in total. The summed E-state index contributed by atoms with van der Waals surface area (Å²) < 4.78 is 16.6. The molecule has 2 amide bonds. The van der Waals surface area contributed by atoms with Gasteiger partial charge >= 0.3 is 5.97 Å². The summed E-state index contributed by atoms with van der Waals surface area (Å²) in [6, 6.07) is 11.7. The highest BCUT2D eigenvalue weighted by Crippen LogP contribution is 2.38. The van der Waals surface area contributed by atoms with Gasteiger partial charge in [-0.3, -0.25) is 24.1 Å². The zero-order valence-electron chi connectivity index (χ0n) is 28.4. The van der Waals surface area contributed by atoms with Gasteiger partial charge in [0.1, 0.15) is 17.9 Å². The van der Waals surface area contributed by atoms with Gasteiger partial charge in [-0.15, -0.1) is 0 Å². The molecule has 2 aromatic rings. The molecule has 2 aliphatic rings. The lowest BCUT2D eigenvalue weighted by molar-refractivity contribution is -0.146. The van der Waals surface area contributed by atoms with Crippen LogP contribution < -0.4 is 9.47 Å². The number of Topliss-reactive ketones (excluding diaryl/α,β-unsaturated/α-hetero) is 1. The third-order valence-corrected chi connectivity index (χ3v) is 8.84. The molecule has 8 heteroatoms. The van der Waals surface area contributed by atoms with Crippen LogP contribution in [0.25, 0.3) is 0 Å². The number of benzene rings is 2. The molecule has 0 aliphatic carbocycles. The minimum atomic E-state index is -0.471. The van der Waals surface area contributed by atoms with Crippen molar-refractivity contribution in [2.45, 2.75) is 105 Å². The normalized spacial score (nSPS) is 15.4. The van der Waals surface area contributed by atoms with Crippen LogP contribution in [0.1, 0.15) is 115 Å². The van der Waals surface area contributed by atoms with Gasteiger partial charge in [0.05, 0.1) is 25.2 Å². The highest BCUT2D eigenvalue weighted by Gasteiger charge is 2.33. The summed E-state index contributed by atoms with van der Waals surface area (Å²) in [4.78, 5) is 48.6. The smallest absolute Gasteiger partial charge is 0.319 e. The van der Waals surface area contributed by atoms with Crippen molar-refractivity contribution in [1.82, 2.24) is 4.90 Å². The predicted molar refractivity (Wildman–Crippen MR) is 175 cm³/mol. The monoisotopic (exact) mass is 619 g/mol. The summed E-state index contributed by atoms with van der Waals surface area (Å²) in [5, 5.41) is 0. The minimum Gasteiger partial charge on any atom is -0.493 e. The van der Waals surface area contributed by atoms with Gasteiger partial charge in [-0.1, -0.05) is 65.3 Å². The number of aryl methyl sites for hydroxylation is 1. The first kappa shape index (κ1) is 35.5. The van der Waals surface area contributed by atoms with Crippen molar-refractivity contribution in [3.05, 3.63) is 70.0 Å². The van der Waals surface area contributed by atoms with Crippen molar-refractivity contribution in [2.75, 3.05) is 19.8 Å². The van der Waals surface area contributed by atoms with Crippen LogP contribution in [0.4, 0.5) is 0 Å². The van der Waals surface area contributed by atoms with Gasteiger partial charge in [-0.05, 0) is 80.2 Å². The zero-order chi connectivity index (χ0) is 33.5. The fraction of sp³-hybridized carbons (Fsp3) is 0.514. The number of imide groups is 1. The minimum absolute atomic E-state index is 0.0112. The fourth-order valence-electron chi connectivity index (χ4n) is 5.12. The lowest BCUT2D eigenvalue weighted by atomic mass is 9.76. The molecule has 0 aromatic heterocycles. The fourth-order valence-corrected chi connectivity index (χ4v) is 5.12. The van der Waals surface area contributed by atoms with Crippen molar-refractivity contribution in [3.8, 4) is 11.5 Å². The molecule has 2 aromatic carbocycles. The molecule has 0 N–H and O–H groups in total. The second kappa shape index (κ2) is 14.9. The Kier molecular flexibility index (Phi) is 11.8. The molecule has 0 fully saturated rings. The topological polar surface area (TPSA) is 99.2 Å². The van der Waals surface area contributed by atoms with Crippen molar-refractivity contribution >= 4 is 23.6 Å². The van der Waals surface area contributed by atoms with E-state index in [4.69, 9.17) is 14.2 Å². The Morgan fingerprint density at radius 1 is 0.844 bits per heavy atom. The van der Waals surface area contributed by atoms with E-state index >= 15 is 0 Å². The summed E-state index contributed by atoms with van der Waals surface area (Å²) in [5.74, 6) is 0.446. The molecule has 0 unspecified atom stereocenters. The molecular formula is C37H49NO7. The second-order valence-corrected chi connectivity index (χ2v) is 13.0. The van der Waals surface area contributed by atoms with E-state index in [1.54, 1.807) is 19.1 Å². The van der Waals surface area contributed by atoms with E-state index < -0.39 is 5.97 Å². The molecule has 0 saturated carbocycles. The molecule has 2 heterocycles. The first-order chi connectivity index (χ1) is 21.1. The number of ether oxygens (including phenoxy) is 3. The maximum atomic E-state index is 12.7. The summed E-state index contributed by atoms with van der Waals surface area (Å²) in [6.45, 7) is 20.1. The van der Waals surface area contributed by atoms with E-state index in [2.05, 4.69) is 59.7 Å². The number of rotatable bonds is 11. The molecule has 0 saturated heterocycles. The molecule has 45 heavy (non-hydrogen) atoms. The van der Waals surface area contributed by atoms with Crippen molar-refractivity contribution < 1.29 is 33.4 Å². The Morgan fingerprint density at radius 3 is 2.18 bits per heavy atom. The Hall–Kier alpha value is -3.94. The van der Waals surface area contributed by atoms with Crippen LogP contribution in [0.5, 0.6) is 11.5 Å². The average Bonchev–Trinajstić information content (AvgIpc) is 2.99. The van der Waals surface area contributed by atoms with Gasteiger partial charge in [0.2, 0.25) is 5.91 Å². The van der Waals surface area contributed by atoms with Crippen LogP contribution >= 0.6 is 0 Å². The highest BCUT2D eigenvalue weighted by molar-refractivity contribution is 6.11. The molecular weight excluding hydrogens is 570 g/mol. The number of fused-ring (bicyclic) bond motifs is 1. The van der Waals surface area contributed by atoms with Crippen molar-refractivity contribution in [3.63, 3.8) is 0 Å². The average molecular weight is 620 g/mol. The Balaban J connectivity index is 0.000000350. The Morgan fingerprint density at radius 2 is 1.53 bits per heavy atom. The number of hydrogen-bond acceptors (Lipinski definition) is 7. The number of hydrogen-bond donors (Lipinski definition) is 0. The van der Waals surface area contributed by atoms with Crippen LogP contribution in [0.3, 0.4) is 0 Å². The molecule has 0 bridgehead atoms. The molecule has 244 valence electrons. The number of amides is 2. The largest absolute Gasteiger partial charge is 0.493 e. The Labute approximate surface area is 268 Å². The molecule has 4 rings (SSSR count). The van der Waals surface area contributed by atoms with Crippen LogP contribution in [-0.4, -0.2) is 48.2 Å². The quantitative estimate of drug-likeness (QED) is 0.0850. The highest BCUT2D eigenvalue weighted by atomic mass is 16.5. The van der Waals surface area contributed by atoms with Crippen LogP contribution in [0.2, 0.25) is 0 Å². The first-order valence-electron chi connectivity index (χ1n) is 15.9. The van der Waals surface area contributed by atoms with Gasteiger partial charge in [0.15, 0.2) is 11.5 Å². The number of esters is 1. The number of carbonyl (C=O) groups excluding carboxylic acids is 4. The van der Waals surface area contributed by atoms with Gasteiger partial charge in [-0.2, -0.15) is 0 Å². The number of nitrogens with zero attached hydrogens (tertiary/aromatic N) is 1. The standard InChI is InChI=1S/C27H41NO4.C10H8O3/c1-9-26(5,6)20-13-14-22(21(18-20)27(7,8)10-2)32-16-12-15-28-23(29)17-19(4)24(25(28)30)31-11-3;1-6-2-3-9-7(4-6)8(11)5-10(12)13-9/h13-14,18H,9-12,15-17H2,1-8H3;2-4H,5H2,1H3. The third kappa shape index (κ3) is 8.62. The van der Waals surface area contributed by atoms with Crippen molar-refractivity contribution in [1.29, 1.82) is 0 Å². The van der Waals surface area contributed by atoms with Gasteiger partial charge in [0, 0.05) is 12.1 Å². The van der Waals surface area contributed by atoms with E-state index in [-0.39, 0.29) is 41.3 Å². The predicted octanol–water partition coefficient (Wildman–Crippen LogP) is 7.39. The SMILES string of the molecule is CCOC1=C(C)CC(=O)N(CCCOc2ccc(C(C)(C)CC)cc2C(C)(C)CC)C1=O.Cc1ccc2c(c1)C(=O)CC(=O)O2. The molecule has 0 radical (unpaired) electrons. The van der Waals surface area contributed by atoms with Crippen molar-refractivity contribution in [2.24, 2.45) is 0 Å².